The Morgan fingerprint density at radius 3 is 2.48 bits per heavy atom. The number of carbonyl (C=O) groups excluding carboxylic acids is 2. The Balaban J connectivity index is 1.63. The number of amides is 1. The first kappa shape index (κ1) is 17.5. The number of aryl methyl sites for hydroxylation is 1. The number of hydrogen-bond donors (Lipinski definition) is 1. The first-order valence-corrected chi connectivity index (χ1v) is 9.35. The fourth-order valence-electron chi connectivity index (χ4n) is 2.43. The van der Waals surface area contributed by atoms with Gasteiger partial charge in [0.2, 0.25) is 6.10 Å². The van der Waals surface area contributed by atoms with Crippen LogP contribution in [-0.2, 0) is 14.3 Å². The molecule has 0 saturated heterocycles. The van der Waals surface area contributed by atoms with E-state index in [4.69, 9.17) is 4.74 Å². The van der Waals surface area contributed by atoms with Gasteiger partial charge in [0.05, 0.1) is 5.75 Å². The monoisotopic (exact) mass is 355 g/mol. The molecule has 0 spiro atoms. The molecule has 130 valence electrons. The van der Waals surface area contributed by atoms with Crippen LogP contribution in [-0.4, -0.2) is 23.7 Å². The van der Waals surface area contributed by atoms with Gasteiger partial charge in [-0.15, -0.1) is 11.8 Å². The van der Waals surface area contributed by atoms with Crippen LogP contribution in [0, 0.1) is 6.92 Å². The number of thioether (sulfide) groups is 1. The summed E-state index contributed by atoms with van der Waals surface area (Å²) in [5.41, 5.74) is 1.81. The van der Waals surface area contributed by atoms with Crippen LogP contribution in [0.3, 0.4) is 0 Å². The fourth-order valence-corrected chi connectivity index (χ4v) is 3.24. The van der Waals surface area contributed by atoms with Crippen LogP contribution in [0.1, 0.15) is 30.1 Å². The normalized spacial score (nSPS) is 14.6. The maximum atomic E-state index is 12.5. The molecule has 4 nitrogen and oxygen atoms in total. The minimum atomic E-state index is -0.897. The third kappa shape index (κ3) is 5.10. The van der Waals surface area contributed by atoms with E-state index < -0.39 is 12.1 Å². The molecule has 25 heavy (non-hydrogen) atoms. The molecular weight excluding hydrogens is 334 g/mol. The lowest BCUT2D eigenvalue weighted by atomic mass is 10.1. The summed E-state index contributed by atoms with van der Waals surface area (Å²) in [6.07, 6.45) is 1.08. The minimum Gasteiger partial charge on any atom is -0.447 e. The zero-order valence-corrected chi connectivity index (χ0v) is 14.9. The summed E-state index contributed by atoms with van der Waals surface area (Å²) in [6, 6.07) is 17.3. The highest BCUT2D eigenvalue weighted by Gasteiger charge is 2.30. The van der Waals surface area contributed by atoms with Crippen LogP contribution in [0.15, 0.2) is 59.5 Å². The van der Waals surface area contributed by atoms with E-state index in [1.807, 2.05) is 49.4 Å². The maximum absolute atomic E-state index is 12.5. The zero-order valence-electron chi connectivity index (χ0n) is 14.1. The van der Waals surface area contributed by atoms with E-state index in [2.05, 4.69) is 5.32 Å². The molecule has 3 rings (SSSR count). The van der Waals surface area contributed by atoms with Gasteiger partial charge in [0.25, 0.3) is 5.91 Å². The third-order valence-electron chi connectivity index (χ3n) is 3.95. The number of rotatable bonds is 7. The second-order valence-corrected chi connectivity index (χ2v) is 7.13. The molecule has 2 aromatic rings. The van der Waals surface area contributed by atoms with Crippen molar-refractivity contribution in [3.05, 3.63) is 65.7 Å². The molecule has 0 unspecified atom stereocenters. The summed E-state index contributed by atoms with van der Waals surface area (Å²) in [5.74, 6) is -0.471. The first-order valence-electron chi connectivity index (χ1n) is 8.36. The van der Waals surface area contributed by atoms with Crippen molar-refractivity contribution < 1.29 is 14.3 Å². The summed E-state index contributed by atoms with van der Waals surface area (Å²) in [4.78, 5) is 25.8. The highest BCUT2D eigenvalue weighted by molar-refractivity contribution is 8.00. The second kappa shape index (κ2) is 8.21. The Bertz CT molecular complexity index is 744. The van der Waals surface area contributed by atoms with Crippen molar-refractivity contribution in [2.24, 2.45) is 0 Å². The van der Waals surface area contributed by atoms with Gasteiger partial charge in [-0.05, 0) is 31.4 Å². The molecule has 0 aromatic heterocycles. The van der Waals surface area contributed by atoms with Gasteiger partial charge in [0.1, 0.15) is 0 Å². The van der Waals surface area contributed by atoms with Crippen molar-refractivity contribution in [2.75, 3.05) is 5.75 Å². The largest absolute Gasteiger partial charge is 0.447 e. The Kier molecular flexibility index (Phi) is 5.76. The molecule has 5 heteroatoms. The molecule has 1 N–H and O–H groups in total. The van der Waals surface area contributed by atoms with Gasteiger partial charge in [0, 0.05) is 16.5 Å². The summed E-state index contributed by atoms with van der Waals surface area (Å²) in [7, 11) is 0. The van der Waals surface area contributed by atoms with Crippen LogP contribution in [0.5, 0.6) is 0 Å². The van der Waals surface area contributed by atoms with Crippen molar-refractivity contribution in [3.8, 4) is 0 Å². The molecule has 1 amide bonds. The SMILES string of the molecule is Cc1ccccc1SCC(=O)O[C@H](C(=O)NC1CC1)c1ccccc1. The lowest BCUT2D eigenvalue weighted by molar-refractivity contribution is -0.154. The van der Waals surface area contributed by atoms with Crippen LogP contribution in [0.4, 0.5) is 0 Å². The fraction of sp³-hybridized carbons (Fsp3) is 0.300. The maximum Gasteiger partial charge on any atom is 0.317 e. The number of ether oxygens (including phenoxy) is 1. The van der Waals surface area contributed by atoms with Gasteiger partial charge in [-0.3, -0.25) is 9.59 Å². The number of nitrogens with one attached hydrogen (secondary N) is 1. The van der Waals surface area contributed by atoms with Gasteiger partial charge in [-0.1, -0.05) is 48.5 Å². The second-order valence-electron chi connectivity index (χ2n) is 6.12. The average molecular weight is 355 g/mol. The average Bonchev–Trinajstić information content (AvgIpc) is 3.43. The summed E-state index contributed by atoms with van der Waals surface area (Å²) < 4.78 is 5.52. The standard InChI is InChI=1S/C20H21NO3S/c1-14-7-5-6-10-17(14)25-13-18(22)24-19(15-8-3-2-4-9-15)20(23)21-16-11-12-16/h2-10,16,19H,11-13H2,1H3,(H,21,23)/t19-/m0/s1. The molecule has 1 fully saturated rings. The Labute approximate surface area is 152 Å². The van der Waals surface area contributed by atoms with Crippen LogP contribution < -0.4 is 5.32 Å². The number of benzene rings is 2. The van der Waals surface area contributed by atoms with E-state index in [-0.39, 0.29) is 17.7 Å². The third-order valence-corrected chi connectivity index (χ3v) is 5.10. The van der Waals surface area contributed by atoms with Gasteiger partial charge in [-0.25, -0.2) is 0 Å². The Hall–Kier alpha value is -2.27. The van der Waals surface area contributed by atoms with E-state index in [0.717, 1.165) is 23.3 Å². The smallest absolute Gasteiger partial charge is 0.317 e. The quantitative estimate of drug-likeness (QED) is 0.608. The Morgan fingerprint density at radius 2 is 1.80 bits per heavy atom. The van der Waals surface area contributed by atoms with Crippen molar-refractivity contribution in [3.63, 3.8) is 0 Å². The summed E-state index contributed by atoms with van der Waals surface area (Å²) in [6.45, 7) is 2.00. The van der Waals surface area contributed by atoms with Gasteiger partial charge in [0.15, 0.2) is 0 Å². The van der Waals surface area contributed by atoms with Crippen molar-refractivity contribution in [2.45, 2.75) is 36.8 Å². The molecule has 0 bridgehead atoms. The van der Waals surface area contributed by atoms with E-state index in [1.54, 1.807) is 12.1 Å². The van der Waals surface area contributed by atoms with Gasteiger partial charge in [-0.2, -0.15) is 0 Å². The molecule has 1 saturated carbocycles. The molecule has 1 aliphatic rings. The van der Waals surface area contributed by atoms with Crippen LogP contribution in [0.25, 0.3) is 0 Å². The molecule has 1 aliphatic carbocycles. The topological polar surface area (TPSA) is 55.4 Å². The molecule has 0 aliphatic heterocycles. The Morgan fingerprint density at radius 1 is 1.12 bits per heavy atom. The summed E-state index contributed by atoms with van der Waals surface area (Å²) in [5, 5.41) is 2.92. The van der Waals surface area contributed by atoms with E-state index in [9.17, 15) is 9.59 Å². The number of hydrogen-bond acceptors (Lipinski definition) is 4. The van der Waals surface area contributed by atoms with Crippen LogP contribution >= 0.6 is 11.8 Å². The van der Waals surface area contributed by atoms with E-state index in [0.29, 0.717) is 5.56 Å². The molecular formula is C20H21NO3S. The lowest BCUT2D eigenvalue weighted by Gasteiger charge is -2.18. The predicted molar refractivity (Wildman–Crippen MR) is 98.3 cm³/mol. The van der Waals surface area contributed by atoms with Crippen molar-refractivity contribution >= 4 is 23.6 Å². The zero-order chi connectivity index (χ0) is 17.6. The van der Waals surface area contributed by atoms with Gasteiger partial charge < -0.3 is 10.1 Å². The molecule has 1 atom stereocenters. The van der Waals surface area contributed by atoms with Gasteiger partial charge >= 0.3 is 5.97 Å². The first-order chi connectivity index (χ1) is 12.1. The molecule has 2 aromatic carbocycles. The summed E-state index contributed by atoms with van der Waals surface area (Å²) >= 11 is 1.42. The highest BCUT2D eigenvalue weighted by atomic mass is 32.2. The molecule has 0 radical (unpaired) electrons. The molecule has 0 heterocycles. The van der Waals surface area contributed by atoms with E-state index in [1.165, 1.54) is 11.8 Å². The number of esters is 1. The predicted octanol–water partition coefficient (Wildman–Crippen LogP) is 3.65. The van der Waals surface area contributed by atoms with Crippen molar-refractivity contribution in [1.82, 2.24) is 5.32 Å². The minimum absolute atomic E-state index is 0.172. The number of carbonyl (C=O) groups is 2. The van der Waals surface area contributed by atoms with Crippen molar-refractivity contribution in [1.29, 1.82) is 0 Å². The van der Waals surface area contributed by atoms with Crippen LogP contribution in [0.2, 0.25) is 0 Å². The highest BCUT2D eigenvalue weighted by Crippen LogP contribution is 2.25. The lowest BCUT2D eigenvalue weighted by Crippen LogP contribution is -2.33. The van der Waals surface area contributed by atoms with E-state index >= 15 is 0 Å².